The van der Waals surface area contributed by atoms with Gasteiger partial charge in [0, 0.05) is 11.7 Å². The predicted octanol–water partition coefficient (Wildman–Crippen LogP) is 3.65. The number of rotatable bonds is 7. The van der Waals surface area contributed by atoms with Crippen molar-refractivity contribution in [2.24, 2.45) is 0 Å². The molecule has 156 valence electrons. The van der Waals surface area contributed by atoms with Gasteiger partial charge in [-0.1, -0.05) is 23.1 Å². The van der Waals surface area contributed by atoms with Gasteiger partial charge in [0.15, 0.2) is 4.34 Å². The SMILES string of the molecule is CC(Sc1nnc(Nc2ccc(OC(F)(F)F)cc2)s1)C(=O)NC(=O)NC1CC1. The molecule has 0 radical (unpaired) electrons. The van der Waals surface area contributed by atoms with Crippen LogP contribution in [0.4, 0.5) is 28.8 Å². The van der Waals surface area contributed by atoms with E-state index >= 15 is 0 Å². The highest BCUT2D eigenvalue weighted by molar-refractivity contribution is 8.02. The number of benzene rings is 1. The molecule has 13 heteroatoms. The fraction of sp³-hybridized carbons (Fsp3) is 0.375. The number of hydrogen-bond acceptors (Lipinski definition) is 8. The third-order valence-electron chi connectivity index (χ3n) is 3.54. The van der Waals surface area contributed by atoms with Gasteiger partial charge in [-0.15, -0.1) is 23.4 Å². The van der Waals surface area contributed by atoms with E-state index in [1.165, 1.54) is 35.6 Å². The number of hydrogen-bond donors (Lipinski definition) is 3. The number of urea groups is 1. The summed E-state index contributed by atoms with van der Waals surface area (Å²) in [6, 6.07) is 4.80. The zero-order valence-electron chi connectivity index (χ0n) is 14.9. The summed E-state index contributed by atoms with van der Waals surface area (Å²) in [5.74, 6) is -0.778. The number of amides is 3. The zero-order valence-corrected chi connectivity index (χ0v) is 16.6. The number of imide groups is 1. The molecule has 3 rings (SSSR count). The molecule has 1 aromatic heterocycles. The summed E-state index contributed by atoms with van der Waals surface area (Å²) in [7, 11) is 0. The number of aromatic nitrogens is 2. The number of carbonyl (C=O) groups excluding carboxylic acids is 2. The van der Waals surface area contributed by atoms with E-state index in [2.05, 4.69) is 30.9 Å². The number of nitrogens with zero attached hydrogens (tertiary/aromatic N) is 2. The van der Waals surface area contributed by atoms with Crippen LogP contribution in [-0.2, 0) is 4.79 Å². The van der Waals surface area contributed by atoms with Crippen molar-refractivity contribution >= 4 is 45.9 Å². The first-order valence-corrected chi connectivity index (χ1v) is 10.1. The summed E-state index contributed by atoms with van der Waals surface area (Å²) < 4.78 is 40.8. The van der Waals surface area contributed by atoms with E-state index in [1.807, 2.05) is 0 Å². The van der Waals surface area contributed by atoms with E-state index in [-0.39, 0.29) is 11.8 Å². The van der Waals surface area contributed by atoms with Crippen LogP contribution in [-0.4, -0.2) is 39.8 Å². The van der Waals surface area contributed by atoms with E-state index in [0.29, 0.717) is 15.2 Å². The van der Waals surface area contributed by atoms with Crippen molar-refractivity contribution in [3.8, 4) is 5.75 Å². The number of anilines is 2. The molecule has 0 bridgehead atoms. The molecule has 0 saturated heterocycles. The van der Waals surface area contributed by atoms with E-state index < -0.39 is 23.6 Å². The molecule has 1 heterocycles. The number of thioether (sulfide) groups is 1. The topological polar surface area (TPSA) is 105 Å². The van der Waals surface area contributed by atoms with Crippen LogP contribution in [0.25, 0.3) is 0 Å². The van der Waals surface area contributed by atoms with Crippen molar-refractivity contribution in [1.29, 1.82) is 0 Å². The Bertz CT molecular complexity index is 871. The van der Waals surface area contributed by atoms with Gasteiger partial charge in [-0.25, -0.2) is 4.79 Å². The van der Waals surface area contributed by atoms with Crippen molar-refractivity contribution in [3.05, 3.63) is 24.3 Å². The molecule has 2 aromatic rings. The molecule has 1 unspecified atom stereocenters. The van der Waals surface area contributed by atoms with Gasteiger partial charge in [0.05, 0.1) is 5.25 Å². The Balaban J connectivity index is 1.49. The van der Waals surface area contributed by atoms with Gasteiger partial charge in [0.1, 0.15) is 5.75 Å². The molecule has 1 aliphatic carbocycles. The van der Waals surface area contributed by atoms with Crippen molar-refractivity contribution < 1.29 is 27.5 Å². The number of carbonyl (C=O) groups is 2. The second-order valence-corrected chi connectivity index (χ2v) is 8.63. The first-order chi connectivity index (χ1) is 13.7. The predicted molar refractivity (Wildman–Crippen MR) is 101 cm³/mol. The summed E-state index contributed by atoms with van der Waals surface area (Å²) >= 11 is 2.30. The van der Waals surface area contributed by atoms with Gasteiger partial charge in [-0.3, -0.25) is 10.1 Å². The first kappa shape index (κ1) is 21.2. The van der Waals surface area contributed by atoms with Gasteiger partial charge in [0.2, 0.25) is 11.0 Å². The molecular formula is C16H16F3N5O3S2. The van der Waals surface area contributed by atoms with Crippen LogP contribution in [0.3, 0.4) is 0 Å². The van der Waals surface area contributed by atoms with Gasteiger partial charge < -0.3 is 15.4 Å². The minimum Gasteiger partial charge on any atom is -0.406 e. The molecule has 8 nitrogen and oxygen atoms in total. The van der Waals surface area contributed by atoms with Crippen LogP contribution in [0.1, 0.15) is 19.8 Å². The highest BCUT2D eigenvalue weighted by Crippen LogP contribution is 2.31. The van der Waals surface area contributed by atoms with E-state index in [1.54, 1.807) is 6.92 Å². The Labute approximate surface area is 171 Å². The molecular weight excluding hydrogens is 431 g/mol. The van der Waals surface area contributed by atoms with Gasteiger partial charge in [0.25, 0.3) is 0 Å². The molecule has 29 heavy (non-hydrogen) atoms. The maximum Gasteiger partial charge on any atom is 0.573 e. The first-order valence-electron chi connectivity index (χ1n) is 8.42. The number of halogens is 3. The maximum atomic E-state index is 12.2. The molecule has 1 saturated carbocycles. The normalized spacial score (nSPS) is 14.8. The lowest BCUT2D eigenvalue weighted by Gasteiger charge is -2.10. The minimum absolute atomic E-state index is 0.150. The highest BCUT2D eigenvalue weighted by Gasteiger charge is 2.31. The van der Waals surface area contributed by atoms with Gasteiger partial charge >= 0.3 is 12.4 Å². The number of nitrogens with one attached hydrogen (secondary N) is 3. The minimum atomic E-state index is -4.75. The summed E-state index contributed by atoms with van der Waals surface area (Å²) in [4.78, 5) is 23.7. The Morgan fingerprint density at radius 1 is 1.24 bits per heavy atom. The quantitative estimate of drug-likeness (QED) is 0.557. The molecule has 0 spiro atoms. The fourth-order valence-corrected chi connectivity index (χ4v) is 3.95. The lowest BCUT2D eigenvalue weighted by Crippen LogP contribution is -2.43. The Kier molecular flexibility index (Phi) is 6.47. The van der Waals surface area contributed by atoms with E-state index in [0.717, 1.165) is 24.6 Å². The van der Waals surface area contributed by atoms with Crippen LogP contribution < -0.4 is 20.7 Å². The monoisotopic (exact) mass is 447 g/mol. The Morgan fingerprint density at radius 3 is 2.55 bits per heavy atom. The molecule has 3 amide bonds. The smallest absolute Gasteiger partial charge is 0.406 e. The van der Waals surface area contributed by atoms with Crippen LogP contribution in [0.5, 0.6) is 5.75 Å². The van der Waals surface area contributed by atoms with Gasteiger partial charge in [-0.2, -0.15) is 0 Å². The van der Waals surface area contributed by atoms with E-state index in [4.69, 9.17) is 0 Å². The standard InChI is InChI=1S/C16H16F3N5O3S2/c1-8(12(25)22-13(26)20-9-2-3-9)28-15-24-23-14(29-15)21-10-4-6-11(7-5-10)27-16(17,18)19/h4-9H,2-3H2,1H3,(H,21,23)(H2,20,22,25,26). The lowest BCUT2D eigenvalue weighted by atomic mass is 10.3. The average Bonchev–Trinajstić information content (AvgIpc) is 3.33. The van der Waals surface area contributed by atoms with Crippen molar-refractivity contribution in [3.63, 3.8) is 0 Å². The summed E-state index contributed by atoms with van der Waals surface area (Å²) in [5.41, 5.74) is 0.495. The van der Waals surface area contributed by atoms with Crippen molar-refractivity contribution in [2.45, 2.75) is 41.8 Å². The zero-order chi connectivity index (χ0) is 21.0. The van der Waals surface area contributed by atoms with E-state index in [9.17, 15) is 22.8 Å². The third kappa shape index (κ3) is 7.09. The molecule has 1 atom stereocenters. The third-order valence-corrected chi connectivity index (χ3v) is 5.56. The number of alkyl halides is 3. The fourth-order valence-electron chi connectivity index (χ4n) is 2.04. The average molecular weight is 447 g/mol. The molecule has 0 aliphatic heterocycles. The summed E-state index contributed by atoms with van der Waals surface area (Å²) in [6.45, 7) is 1.64. The van der Waals surface area contributed by atoms with Crippen molar-refractivity contribution in [1.82, 2.24) is 20.8 Å². The van der Waals surface area contributed by atoms with Crippen molar-refractivity contribution in [2.75, 3.05) is 5.32 Å². The van der Waals surface area contributed by atoms with Crippen LogP contribution in [0.2, 0.25) is 0 Å². The van der Waals surface area contributed by atoms with Crippen LogP contribution >= 0.6 is 23.1 Å². The summed E-state index contributed by atoms with van der Waals surface area (Å²) in [5, 5.41) is 15.6. The van der Waals surface area contributed by atoms with Crippen LogP contribution in [0.15, 0.2) is 28.6 Å². The largest absolute Gasteiger partial charge is 0.573 e. The second kappa shape index (κ2) is 8.86. The molecule has 3 N–H and O–H groups in total. The molecule has 1 aromatic carbocycles. The highest BCUT2D eigenvalue weighted by atomic mass is 32.2. The number of ether oxygens (including phenoxy) is 1. The maximum absolute atomic E-state index is 12.2. The molecule has 1 aliphatic rings. The lowest BCUT2D eigenvalue weighted by molar-refractivity contribution is -0.274. The summed E-state index contributed by atoms with van der Waals surface area (Å²) in [6.07, 6.45) is -2.91. The second-order valence-electron chi connectivity index (χ2n) is 6.07. The Morgan fingerprint density at radius 2 is 1.93 bits per heavy atom. The van der Waals surface area contributed by atoms with Gasteiger partial charge in [-0.05, 0) is 44.0 Å². The molecule has 1 fully saturated rings. The Hall–Kier alpha value is -2.54. The van der Waals surface area contributed by atoms with Crippen LogP contribution in [0, 0.1) is 0 Å².